The first-order valence-corrected chi connectivity index (χ1v) is 20.8. The van der Waals surface area contributed by atoms with Crippen molar-refractivity contribution in [2.24, 2.45) is 0 Å². The van der Waals surface area contributed by atoms with Crippen LogP contribution in [0.3, 0.4) is 0 Å². The summed E-state index contributed by atoms with van der Waals surface area (Å²) in [6.45, 7) is 0. The zero-order valence-electron chi connectivity index (χ0n) is 33.2. The molecule has 0 fully saturated rings. The van der Waals surface area contributed by atoms with Crippen molar-refractivity contribution in [3.05, 3.63) is 231 Å². The molecule has 0 saturated carbocycles. The molecule has 61 heavy (non-hydrogen) atoms. The molecule has 0 aliphatic rings. The third-order valence-electron chi connectivity index (χ3n) is 12.2. The molecule has 2 aromatic heterocycles. The lowest BCUT2D eigenvalue weighted by molar-refractivity contribution is 0.669. The lowest BCUT2D eigenvalue weighted by Crippen LogP contribution is -2.10. The Labute approximate surface area is 353 Å². The summed E-state index contributed by atoms with van der Waals surface area (Å²) < 4.78 is 9.05. The molecule has 0 N–H and O–H groups in total. The van der Waals surface area contributed by atoms with E-state index in [9.17, 15) is 0 Å². The van der Waals surface area contributed by atoms with Crippen molar-refractivity contribution in [3.8, 4) is 39.1 Å². The number of anilines is 3. The van der Waals surface area contributed by atoms with E-state index in [4.69, 9.17) is 4.42 Å². The van der Waals surface area contributed by atoms with Crippen molar-refractivity contribution in [2.45, 2.75) is 0 Å². The fourth-order valence-corrected chi connectivity index (χ4v) is 9.34. The second-order valence-corrected chi connectivity index (χ2v) is 15.7. The maximum Gasteiger partial charge on any atom is 0.159 e. The second-order valence-electron chi connectivity index (χ2n) is 15.7. The lowest BCUT2D eigenvalue weighted by Gasteiger charge is -2.26. The molecular weight excluding hydrogens is 741 g/mol. The monoisotopic (exact) mass is 778 g/mol. The van der Waals surface area contributed by atoms with Crippen LogP contribution in [0.15, 0.2) is 235 Å². The van der Waals surface area contributed by atoms with Gasteiger partial charge in [0.2, 0.25) is 0 Å². The molecule has 12 rings (SSSR count). The van der Waals surface area contributed by atoms with Gasteiger partial charge in [-0.25, -0.2) is 0 Å². The van der Waals surface area contributed by atoms with Gasteiger partial charge in [-0.3, -0.25) is 0 Å². The van der Waals surface area contributed by atoms with E-state index in [1.807, 2.05) is 12.1 Å². The highest BCUT2D eigenvalue weighted by Crippen LogP contribution is 2.44. The summed E-state index contributed by atoms with van der Waals surface area (Å²) in [5.74, 6) is 0. The largest absolute Gasteiger partial charge is 0.454 e. The van der Waals surface area contributed by atoms with Crippen LogP contribution in [-0.2, 0) is 0 Å². The van der Waals surface area contributed by atoms with E-state index in [1.54, 1.807) is 0 Å². The molecule has 3 nitrogen and oxygen atoms in total. The van der Waals surface area contributed by atoms with E-state index in [0.29, 0.717) is 0 Å². The number of hydrogen-bond donors (Lipinski definition) is 0. The topological polar surface area (TPSA) is 21.3 Å². The second kappa shape index (κ2) is 14.3. The summed E-state index contributed by atoms with van der Waals surface area (Å²) in [6, 6.07) is 82.8. The molecule has 10 aromatic carbocycles. The first kappa shape index (κ1) is 34.9. The van der Waals surface area contributed by atoms with Crippen LogP contribution in [0.25, 0.3) is 93.6 Å². The summed E-state index contributed by atoms with van der Waals surface area (Å²) in [4.78, 5) is 2.32. The Bertz CT molecular complexity index is 3520. The molecule has 0 unspecified atom stereocenters. The molecule has 0 spiro atoms. The van der Waals surface area contributed by atoms with Gasteiger partial charge in [0.15, 0.2) is 5.58 Å². The van der Waals surface area contributed by atoms with E-state index in [0.717, 1.165) is 55.8 Å². The minimum absolute atomic E-state index is 0.859. The van der Waals surface area contributed by atoms with E-state index in [-0.39, 0.29) is 0 Å². The molecule has 12 aromatic rings. The fraction of sp³-hybridized carbons (Fsp3) is 0. The Kier molecular flexibility index (Phi) is 8.17. The van der Waals surface area contributed by atoms with Crippen LogP contribution < -0.4 is 4.90 Å². The van der Waals surface area contributed by atoms with E-state index < -0.39 is 0 Å². The molecule has 0 atom stereocenters. The van der Waals surface area contributed by atoms with Crippen LogP contribution in [0.4, 0.5) is 17.1 Å². The Morgan fingerprint density at radius 1 is 0.328 bits per heavy atom. The molecule has 0 amide bonds. The zero-order valence-corrected chi connectivity index (χ0v) is 33.2. The number of nitrogens with zero attached hydrogens (tertiary/aromatic N) is 2. The van der Waals surface area contributed by atoms with E-state index in [2.05, 4.69) is 228 Å². The van der Waals surface area contributed by atoms with E-state index in [1.165, 1.54) is 54.8 Å². The van der Waals surface area contributed by atoms with Crippen molar-refractivity contribution in [1.82, 2.24) is 4.57 Å². The Morgan fingerprint density at radius 3 is 1.52 bits per heavy atom. The normalized spacial score (nSPS) is 11.6. The SMILES string of the molecule is c1ccc(-n2c3ccccc3c3ccccc32)c(-c2ccc(N(c3ccc(-c4ccc(-c5cccc6ccccc56)cc4)cc3)c3cccc4c3oc3ccccc34)cc2)c1. The first-order chi connectivity index (χ1) is 30.3. The minimum Gasteiger partial charge on any atom is -0.454 e. The summed E-state index contributed by atoms with van der Waals surface area (Å²) in [5, 5.41) is 7.23. The summed E-state index contributed by atoms with van der Waals surface area (Å²) in [5.41, 5.74) is 15.5. The molecular formula is C58H38N2O. The zero-order chi connectivity index (χ0) is 40.3. The lowest BCUT2D eigenvalue weighted by atomic mass is 9.96. The maximum absolute atomic E-state index is 6.65. The molecule has 0 aliphatic carbocycles. The third kappa shape index (κ3) is 5.82. The molecule has 0 bridgehead atoms. The van der Waals surface area contributed by atoms with Gasteiger partial charge in [-0.05, 0) is 93.2 Å². The van der Waals surface area contributed by atoms with Crippen LogP contribution >= 0.6 is 0 Å². The molecule has 0 aliphatic heterocycles. The molecule has 2 heterocycles. The van der Waals surface area contributed by atoms with Gasteiger partial charge in [0.25, 0.3) is 0 Å². The van der Waals surface area contributed by atoms with Crippen molar-refractivity contribution < 1.29 is 4.42 Å². The van der Waals surface area contributed by atoms with Gasteiger partial charge in [0, 0.05) is 38.5 Å². The van der Waals surface area contributed by atoms with Gasteiger partial charge in [0.05, 0.1) is 22.4 Å². The number of furan rings is 1. The van der Waals surface area contributed by atoms with Crippen LogP contribution in [0.1, 0.15) is 0 Å². The average molecular weight is 779 g/mol. The van der Waals surface area contributed by atoms with Gasteiger partial charge in [-0.1, -0.05) is 176 Å². The highest BCUT2D eigenvalue weighted by Gasteiger charge is 2.21. The quantitative estimate of drug-likeness (QED) is 0.161. The smallest absolute Gasteiger partial charge is 0.159 e. The van der Waals surface area contributed by atoms with Crippen molar-refractivity contribution in [2.75, 3.05) is 4.90 Å². The highest BCUT2D eigenvalue weighted by molar-refractivity contribution is 6.11. The van der Waals surface area contributed by atoms with Gasteiger partial charge in [-0.2, -0.15) is 0 Å². The molecule has 0 radical (unpaired) electrons. The highest BCUT2D eigenvalue weighted by atomic mass is 16.3. The third-order valence-corrected chi connectivity index (χ3v) is 12.2. The van der Waals surface area contributed by atoms with Gasteiger partial charge < -0.3 is 13.9 Å². The van der Waals surface area contributed by atoms with Gasteiger partial charge in [-0.15, -0.1) is 0 Å². The average Bonchev–Trinajstić information content (AvgIpc) is 3.89. The first-order valence-electron chi connectivity index (χ1n) is 20.8. The van der Waals surface area contributed by atoms with E-state index >= 15 is 0 Å². The molecule has 3 heteroatoms. The number of fused-ring (bicyclic) bond motifs is 7. The van der Waals surface area contributed by atoms with Gasteiger partial charge >= 0.3 is 0 Å². The summed E-state index contributed by atoms with van der Waals surface area (Å²) in [7, 11) is 0. The molecule has 0 saturated heterocycles. The summed E-state index contributed by atoms with van der Waals surface area (Å²) >= 11 is 0. The van der Waals surface area contributed by atoms with Crippen molar-refractivity contribution in [3.63, 3.8) is 0 Å². The van der Waals surface area contributed by atoms with Gasteiger partial charge in [0.1, 0.15) is 5.58 Å². The molecule has 286 valence electrons. The van der Waals surface area contributed by atoms with Crippen LogP contribution in [0, 0.1) is 0 Å². The predicted octanol–water partition coefficient (Wildman–Crippen LogP) is 16.3. The fourth-order valence-electron chi connectivity index (χ4n) is 9.34. The van der Waals surface area contributed by atoms with Crippen molar-refractivity contribution in [1.29, 1.82) is 0 Å². The van der Waals surface area contributed by atoms with Crippen LogP contribution in [0.5, 0.6) is 0 Å². The summed E-state index contributed by atoms with van der Waals surface area (Å²) in [6.07, 6.45) is 0. The Hall–Kier alpha value is -8.14. The predicted molar refractivity (Wildman–Crippen MR) is 257 cm³/mol. The van der Waals surface area contributed by atoms with Crippen LogP contribution in [-0.4, -0.2) is 4.57 Å². The maximum atomic E-state index is 6.65. The standard InChI is InChI=1S/C58H38N2O/c1-2-15-46-41(13-1)14-11-20-47(46)42-29-27-39(28-30-42)40-31-35-44(36-32-40)59(56-25-12-21-52-51-19-6-10-26-57(51)61-58(52)56)45-37-33-43(34-38-45)48-16-3-7-22-53(48)60-54-23-8-4-17-49(54)50-18-5-9-24-55(50)60/h1-38H. The number of benzene rings is 10. The number of hydrogen-bond acceptors (Lipinski definition) is 2. The number of para-hydroxylation sites is 5. The van der Waals surface area contributed by atoms with Crippen molar-refractivity contribution >= 4 is 71.6 Å². The number of rotatable bonds is 7. The Balaban J connectivity index is 0.948. The van der Waals surface area contributed by atoms with Crippen LogP contribution in [0.2, 0.25) is 0 Å². The Morgan fingerprint density at radius 2 is 0.803 bits per heavy atom. The minimum atomic E-state index is 0.859. The number of aromatic nitrogens is 1.